The van der Waals surface area contributed by atoms with Gasteiger partial charge in [0.15, 0.2) is 27.3 Å². The third-order valence-corrected chi connectivity index (χ3v) is 5.16. The first kappa shape index (κ1) is 18.1. The predicted octanol–water partition coefficient (Wildman–Crippen LogP) is 3.84. The summed E-state index contributed by atoms with van der Waals surface area (Å²) in [7, 11) is -3.33. The van der Waals surface area contributed by atoms with Crippen molar-refractivity contribution >= 4 is 27.7 Å². The van der Waals surface area contributed by atoms with Crippen molar-refractivity contribution in [3.63, 3.8) is 0 Å². The summed E-state index contributed by atoms with van der Waals surface area (Å²) in [6.07, 6.45) is 1.58. The van der Waals surface area contributed by atoms with Crippen LogP contribution in [0.3, 0.4) is 0 Å². The Bertz CT molecular complexity index is 1130. The lowest BCUT2D eigenvalue weighted by atomic mass is 10.0. The molecule has 5 nitrogen and oxygen atoms in total. The summed E-state index contributed by atoms with van der Waals surface area (Å²) in [5.41, 5.74) is 0.764. The zero-order valence-corrected chi connectivity index (χ0v) is 15.2. The smallest absolute Gasteiger partial charge is 0.194 e. The fourth-order valence-electron chi connectivity index (χ4n) is 2.50. The summed E-state index contributed by atoms with van der Waals surface area (Å²) in [6, 6.07) is 13.6. The van der Waals surface area contributed by atoms with Gasteiger partial charge in [0.05, 0.1) is 10.5 Å². The maximum atomic E-state index is 12.6. The number of carbonyl (C=O) groups is 1. The summed E-state index contributed by atoms with van der Waals surface area (Å²) in [5, 5.41) is 0.508. The highest BCUT2D eigenvalue weighted by molar-refractivity contribution is 7.90. The van der Waals surface area contributed by atoms with Crippen LogP contribution in [0.1, 0.15) is 10.6 Å². The second-order valence-corrected chi connectivity index (χ2v) is 8.09. The lowest BCUT2D eigenvalue weighted by molar-refractivity contribution is 0.110. The second kappa shape index (κ2) is 6.90. The first-order valence-corrected chi connectivity index (χ1v) is 9.76. The number of carbonyl (C=O) groups excluding carboxylic acids is 1. The molecule has 0 N–H and O–H groups in total. The van der Waals surface area contributed by atoms with Crippen molar-refractivity contribution in [2.45, 2.75) is 4.90 Å². The molecule has 0 amide bonds. The molecule has 1 aromatic heterocycles. The molecule has 0 saturated carbocycles. The van der Waals surface area contributed by atoms with Crippen LogP contribution in [0.4, 0.5) is 0 Å². The Morgan fingerprint density at radius 3 is 2.08 bits per heavy atom. The molecule has 0 saturated heterocycles. The van der Waals surface area contributed by atoms with E-state index in [-0.39, 0.29) is 27.4 Å². The van der Waals surface area contributed by atoms with Crippen molar-refractivity contribution in [3.8, 4) is 22.5 Å². The van der Waals surface area contributed by atoms with Gasteiger partial charge in [0.25, 0.3) is 0 Å². The molecule has 3 rings (SSSR count). The van der Waals surface area contributed by atoms with Gasteiger partial charge in [-0.15, -0.1) is 0 Å². The fourth-order valence-corrected chi connectivity index (χ4v) is 3.26. The Morgan fingerprint density at radius 2 is 1.54 bits per heavy atom. The molecular weight excluding hydrogens is 376 g/mol. The average Bonchev–Trinajstić information content (AvgIpc) is 2.61. The fraction of sp³-hybridized carbons (Fsp3) is 0.0526. The molecule has 0 aliphatic rings. The SMILES string of the molecule is CS(=O)(=O)c1ccc(-c2cc(=O)c(-c3ccc(Cl)cc3)c(C=O)o2)cc1. The topological polar surface area (TPSA) is 81.4 Å². The van der Waals surface area contributed by atoms with Crippen molar-refractivity contribution in [1.82, 2.24) is 0 Å². The van der Waals surface area contributed by atoms with Crippen LogP contribution in [0.2, 0.25) is 5.02 Å². The molecule has 0 bridgehead atoms. The lowest BCUT2D eigenvalue weighted by Crippen LogP contribution is -2.07. The molecule has 0 spiro atoms. The van der Waals surface area contributed by atoms with E-state index in [9.17, 15) is 18.0 Å². The standard InChI is InChI=1S/C19H13ClO5S/c1-26(23,24)15-8-4-12(5-9-15)17-10-16(22)19(18(11-21)25-17)13-2-6-14(20)7-3-13/h2-11H,1H3. The second-order valence-electron chi connectivity index (χ2n) is 5.64. The van der Waals surface area contributed by atoms with Crippen molar-refractivity contribution in [3.05, 3.63) is 75.6 Å². The van der Waals surface area contributed by atoms with Gasteiger partial charge >= 0.3 is 0 Å². The van der Waals surface area contributed by atoms with Gasteiger partial charge in [-0.3, -0.25) is 9.59 Å². The molecule has 0 aliphatic carbocycles. The number of aldehydes is 1. The molecular formula is C19H13ClO5S. The molecule has 0 unspecified atom stereocenters. The van der Waals surface area contributed by atoms with Crippen LogP contribution in [-0.2, 0) is 9.84 Å². The minimum absolute atomic E-state index is 0.109. The van der Waals surface area contributed by atoms with Gasteiger partial charge in [0, 0.05) is 22.9 Å². The number of benzene rings is 2. The van der Waals surface area contributed by atoms with Crippen LogP contribution in [0.25, 0.3) is 22.5 Å². The Morgan fingerprint density at radius 1 is 0.962 bits per heavy atom. The number of rotatable bonds is 4. The van der Waals surface area contributed by atoms with E-state index >= 15 is 0 Å². The molecule has 7 heteroatoms. The van der Waals surface area contributed by atoms with Crippen molar-refractivity contribution in [2.24, 2.45) is 0 Å². The van der Waals surface area contributed by atoms with Crippen LogP contribution >= 0.6 is 11.6 Å². The highest BCUT2D eigenvalue weighted by Gasteiger charge is 2.15. The molecule has 3 aromatic rings. The predicted molar refractivity (Wildman–Crippen MR) is 99.4 cm³/mol. The maximum absolute atomic E-state index is 12.6. The monoisotopic (exact) mass is 388 g/mol. The molecule has 0 atom stereocenters. The molecule has 132 valence electrons. The van der Waals surface area contributed by atoms with E-state index in [0.29, 0.717) is 22.4 Å². The molecule has 0 radical (unpaired) electrons. The quantitative estimate of drug-likeness (QED) is 0.634. The van der Waals surface area contributed by atoms with Crippen LogP contribution in [0.5, 0.6) is 0 Å². The van der Waals surface area contributed by atoms with E-state index in [1.54, 1.807) is 24.3 Å². The van der Waals surface area contributed by atoms with E-state index in [1.807, 2.05) is 0 Å². The molecule has 2 aromatic carbocycles. The van der Waals surface area contributed by atoms with Crippen LogP contribution in [-0.4, -0.2) is 21.0 Å². The van der Waals surface area contributed by atoms with Crippen molar-refractivity contribution < 1.29 is 17.6 Å². The number of hydrogen-bond acceptors (Lipinski definition) is 5. The summed E-state index contributed by atoms with van der Waals surface area (Å²) < 4.78 is 28.6. The normalized spacial score (nSPS) is 11.3. The summed E-state index contributed by atoms with van der Waals surface area (Å²) in [4.78, 5) is 24.2. The van der Waals surface area contributed by atoms with E-state index in [1.165, 1.54) is 30.3 Å². The Labute approximate surface area is 154 Å². The Hall–Kier alpha value is -2.70. The van der Waals surface area contributed by atoms with Crippen LogP contribution in [0, 0.1) is 0 Å². The molecule has 0 fully saturated rings. The minimum Gasteiger partial charge on any atom is -0.452 e. The van der Waals surface area contributed by atoms with Gasteiger partial charge in [-0.2, -0.15) is 0 Å². The number of hydrogen-bond donors (Lipinski definition) is 0. The number of sulfone groups is 1. The van der Waals surface area contributed by atoms with Gasteiger partial charge in [0.2, 0.25) is 0 Å². The zero-order valence-electron chi connectivity index (χ0n) is 13.6. The largest absolute Gasteiger partial charge is 0.452 e. The van der Waals surface area contributed by atoms with E-state index in [2.05, 4.69) is 0 Å². The van der Waals surface area contributed by atoms with Crippen molar-refractivity contribution in [1.29, 1.82) is 0 Å². The Kier molecular flexibility index (Phi) is 4.80. The first-order valence-electron chi connectivity index (χ1n) is 7.49. The van der Waals surface area contributed by atoms with Crippen molar-refractivity contribution in [2.75, 3.05) is 6.26 Å². The average molecular weight is 389 g/mol. The summed E-state index contributed by atoms with van der Waals surface area (Å²) in [5.74, 6) is 0.0666. The Balaban J connectivity index is 2.11. The lowest BCUT2D eigenvalue weighted by Gasteiger charge is -2.07. The van der Waals surface area contributed by atoms with Gasteiger partial charge in [0.1, 0.15) is 5.76 Å². The summed E-state index contributed by atoms with van der Waals surface area (Å²) >= 11 is 5.85. The maximum Gasteiger partial charge on any atom is 0.194 e. The first-order chi connectivity index (χ1) is 12.3. The number of halogens is 1. The van der Waals surface area contributed by atoms with E-state index in [4.69, 9.17) is 16.0 Å². The molecule has 1 heterocycles. The molecule has 26 heavy (non-hydrogen) atoms. The van der Waals surface area contributed by atoms with Crippen LogP contribution < -0.4 is 5.43 Å². The van der Waals surface area contributed by atoms with Gasteiger partial charge < -0.3 is 4.42 Å². The van der Waals surface area contributed by atoms with Gasteiger partial charge in [-0.25, -0.2) is 8.42 Å². The van der Waals surface area contributed by atoms with E-state index < -0.39 is 9.84 Å². The highest BCUT2D eigenvalue weighted by Crippen LogP contribution is 2.26. The zero-order chi connectivity index (χ0) is 18.9. The van der Waals surface area contributed by atoms with Crippen LogP contribution in [0.15, 0.2) is 68.7 Å². The van der Waals surface area contributed by atoms with Gasteiger partial charge in [-0.05, 0) is 42.0 Å². The third kappa shape index (κ3) is 3.61. The minimum atomic E-state index is -3.33. The third-order valence-electron chi connectivity index (χ3n) is 3.78. The van der Waals surface area contributed by atoms with Gasteiger partial charge in [-0.1, -0.05) is 23.7 Å². The highest BCUT2D eigenvalue weighted by atomic mass is 35.5. The molecule has 0 aliphatic heterocycles. The summed E-state index contributed by atoms with van der Waals surface area (Å²) in [6.45, 7) is 0. The van der Waals surface area contributed by atoms with E-state index in [0.717, 1.165) is 6.26 Å².